The van der Waals surface area contributed by atoms with Gasteiger partial charge in [0.1, 0.15) is 0 Å². The lowest BCUT2D eigenvalue weighted by molar-refractivity contribution is 0.556. The van der Waals surface area contributed by atoms with Gasteiger partial charge in [0.2, 0.25) is 11.1 Å². The predicted molar refractivity (Wildman–Crippen MR) is 37.0 cm³/mol. The van der Waals surface area contributed by atoms with Gasteiger partial charge >= 0.3 is 0 Å². The minimum Gasteiger partial charge on any atom is -0.301 e. The highest BCUT2D eigenvalue weighted by Gasteiger charge is 2.07. The second-order valence-electron chi connectivity index (χ2n) is 2.04. The van der Waals surface area contributed by atoms with Crippen LogP contribution in [-0.4, -0.2) is 18.5 Å². The molecule has 0 aliphatic carbocycles. The summed E-state index contributed by atoms with van der Waals surface area (Å²) in [5.74, 6) is 0. The van der Waals surface area contributed by atoms with Crippen LogP contribution >= 0.6 is 0 Å². The SMILES string of the molecule is Cc1cn(C)nc1S(=O)O. The Labute approximate surface area is 61.1 Å². The van der Waals surface area contributed by atoms with Gasteiger partial charge in [-0.05, 0) is 6.92 Å². The number of aromatic nitrogens is 2. The average Bonchev–Trinajstić information content (AvgIpc) is 2.10. The van der Waals surface area contributed by atoms with E-state index in [0.717, 1.165) is 5.56 Å². The number of hydrogen-bond acceptors (Lipinski definition) is 2. The van der Waals surface area contributed by atoms with Gasteiger partial charge in [0.25, 0.3) is 0 Å². The molecule has 0 bridgehead atoms. The van der Waals surface area contributed by atoms with Gasteiger partial charge in [0.05, 0.1) is 0 Å². The molecule has 1 N–H and O–H groups in total. The molecule has 10 heavy (non-hydrogen) atoms. The van der Waals surface area contributed by atoms with Gasteiger partial charge in [0.15, 0.2) is 5.03 Å². The molecule has 0 spiro atoms. The highest BCUT2D eigenvalue weighted by Crippen LogP contribution is 2.06. The first kappa shape index (κ1) is 7.43. The van der Waals surface area contributed by atoms with Crippen molar-refractivity contribution in [2.45, 2.75) is 11.9 Å². The summed E-state index contributed by atoms with van der Waals surface area (Å²) >= 11 is -1.95. The van der Waals surface area contributed by atoms with E-state index < -0.39 is 11.1 Å². The molecule has 0 saturated heterocycles. The van der Waals surface area contributed by atoms with Crippen LogP contribution in [0.15, 0.2) is 11.2 Å². The Hall–Kier alpha value is -0.680. The van der Waals surface area contributed by atoms with Crippen molar-refractivity contribution in [3.8, 4) is 0 Å². The normalized spacial score (nSPS) is 13.5. The van der Waals surface area contributed by atoms with E-state index in [2.05, 4.69) is 5.10 Å². The van der Waals surface area contributed by atoms with E-state index in [4.69, 9.17) is 4.55 Å². The third-order valence-corrected chi connectivity index (χ3v) is 1.87. The second-order valence-corrected chi connectivity index (χ2v) is 2.93. The molecule has 0 fully saturated rings. The lowest BCUT2D eigenvalue weighted by Gasteiger charge is -1.85. The minimum absolute atomic E-state index is 0.238. The first-order valence-electron chi connectivity index (χ1n) is 2.72. The Morgan fingerprint density at radius 1 is 1.80 bits per heavy atom. The van der Waals surface area contributed by atoms with Gasteiger partial charge in [0, 0.05) is 18.8 Å². The first-order valence-corrected chi connectivity index (χ1v) is 3.83. The number of rotatable bonds is 1. The van der Waals surface area contributed by atoms with Crippen LogP contribution in [0.25, 0.3) is 0 Å². The van der Waals surface area contributed by atoms with E-state index in [-0.39, 0.29) is 5.03 Å². The summed E-state index contributed by atoms with van der Waals surface area (Å²) < 4.78 is 20.6. The molecule has 1 unspecified atom stereocenters. The third kappa shape index (κ3) is 1.25. The zero-order valence-electron chi connectivity index (χ0n) is 5.74. The van der Waals surface area contributed by atoms with Crippen LogP contribution in [-0.2, 0) is 18.1 Å². The minimum atomic E-state index is -1.95. The maximum atomic E-state index is 10.5. The van der Waals surface area contributed by atoms with Crippen molar-refractivity contribution in [2.75, 3.05) is 0 Å². The molecule has 1 atom stereocenters. The van der Waals surface area contributed by atoms with E-state index in [0.29, 0.717) is 0 Å². The number of aryl methyl sites for hydroxylation is 2. The zero-order chi connectivity index (χ0) is 7.72. The molecule has 0 amide bonds. The van der Waals surface area contributed by atoms with Gasteiger partial charge < -0.3 is 4.55 Å². The summed E-state index contributed by atoms with van der Waals surface area (Å²) in [6.07, 6.45) is 1.70. The maximum absolute atomic E-state index is 10.5. The first-order chi connectivity index (χ1) is 4.61. The zero-order valence-corrected chi connectivity index (χ0v) is 6.55. The van der Waals surface area contributed by atoms with E-state index in [1.165, 1.54) is 4.68 Å². The van der Waals surface area contributed by atoms with Gasteiger partial charge in [-0.15, -0.1) is 0 Å². The maximum Gasteiger partial charge on any atom is 0.207 e. The standard InChI is InChI=1S/C5H8N2O2S/c1-4-3-7(2)6-5(4)10(8)9/h3H,1-2H3,(H,8,9). The smallest absolute Gasteiger partial charge is 0.207 e. The highest BCUT2D eigenvalue weighted by molar-refractivity contribution is 7.79. The Morgan fingerprint density at radius 2 is 2.40 bits per heavy atom. The molecule has 0 aromatic carbocycles. The van der Waals surface area contributed by atoms with E-state index in [1.54, 1.807) is 20.2 Å². The fourth-order valence-electron chi connectivity index (χ4n) is 0.759. The Balaban J connectivity index is 3.15. The van der Waals surface area contributed by atoms with Crippen molar-refractivity contribution in [3.05, 3.63) is 11.8 Å². The van der Waals surface area contributed by atoms with Crippen molar-refractivity contribution in [1.82, 2.24) is 9.78 Å². The molecule has 0 aliphatic rings. The molecule has 1 aromatic heterocycles. The fourth-order valence-corrected chi connectivity index (χ4v) is 1.29. The molecular formula is C5H8N2O2S. The number of nitrogens with zero attached hydrogens (tertiary/aromatic N) is 2. The van der Waals surface area contributed by atoms with E-state index in [9.17, 15) is 4.21 Å². The molecule has 1 heterocycles. The van der Waals surface area contributed by atoms with Crippen LogP contribution < -0.4 is 0 Å². The lowest BCUT2D eigenvalue weighted by Crippen LogP contribution is -1.93. The molecule has 1 aromatic rings. The Morgan fingerprint density at radius 3 is 2.60 bits per heavy atom. The summed E-state index contributed by atoms with van der Waals surface area (Å²) in [6, 6.07) is 0. The molecule has 5 heteroatoms. The number of hydrogen-bond donors (Lipinski definition) is 1. The Kier molecular flexibility index (Phi) is 1.87. The molecule has 1 rings (SSSR count). The average molecular weight is 160 g/mol. The van der Waals surface area contributed by atoms with Crippen LogP contribution in [0, 0.1) is 6.92 Å². The quantitative estimate of drug-likeness (QED) is 0.601. The third-order valence-electron chi connectivity index (χ3n) is 1.13. The van der Waals surface area contributed by atoms with Gasteiger partial charge in [-0.2, -0.15) is 5.10 Å². The predicted octanol–water partition coefficient (Wildman–Crippen LogP) is 0.309. The summed E-state index contributed by atoms with van der Waals surface area (Å²) in [5.41, 5.74) is 0.739. The molecule has 56 valence electrons. The van der Waals surface area contributed by atoms with Crippen molar-refractivity contribution >= 4 is 11.1 Å². The van der Waals surface area contributed by atoms with Gasteiger partial charge in [-0.25, -0.2) is 4.21 Å². The van der Waals surface area contributed by atoms with Crippen LogP contribution in [0.4, 0.5) is 0 Å². The highest BCUT2D eigenvalue weighted by atomic mass is 32.2. The van der Waals surface area contributed by atoms with Crippen LogP contribution in [0.1, 0.15) is 5.56 Å². The van der Waals surface area contributed by atoms with Crippen molar-refractivity contribution in [1.29, 1.82) is 0 Å². The summed E-state index contributed by atoms with van der Waals surface area (Å²) in [4.78, 5) is 0. The van der Waals surface area contributed by atoms with Crippen molar-refractivity contribution in [3.63, 3.8) is 0 Å². The van der Waals surface area contributed by atoms with Crippen LogP contribution in [0.3, 0.4) is 0 Å². The fraction of sp³-hybridized carbons (Fsp3) is 0.400. The molecule has 0 aliphatic heterocycles. The largest absolute Gasteiger partial charge is 0.301 e. The summed E-state index contributed by atoms with van der Waals surface area (Å²) in [7, 11) is 1.71. The molecule has 0 saturated carbocycles. The van der Waals surface area contributed by atoms with Crippen LogP contribution in [0.5, 0.6) is 0 Å². The topological polar surface area (TPSA) is 55.1 Å². The monoisotopic (exact) mass is 160 g/mol. The van der Waals surface area contributed by atoms with Crippen molar-refractivity contribution < 1.29 is 8.76 Å². The lowest BCUT2D eigenvalue weighted by atomic mass is 10.4. The molecule has 4 nitrogen and oxygen atoms in total. The summed E-state index contributed by atoms with van der Waals surface area (Å²) in [6.45, 7) is 1.75. The van der Waals surface area contributed by atoms with Gasteiger partial charge in [-0.3, -0.25) is 4.68 Å². The van der Waals surface area contributed by atoms with E-state index >= 15 is 0 Å². The second kappa shape index (κ2) is 2.51. The van der Waals surface area contributed by atoms with Gasteiger partial charge in [-0.1, -0.05) is 0 Å². The van der Waals surface area contributed by atoms with Crippen LogP contribution in [0.2, 0.25) is 0 Å². The van der Waals surface area contributed by atoms with E-state index in [1.807, 2.05) is 0 Å². The Bertz CT molecular complexity index is 269. The summed E-state index contributed by atoms with van der Waals surface area (Å²) in [5, 5.41) is 4.01. The molecular weight excluding hydrogens is 152 g/mol. The van der Waals surface area contributed by atoms with Crippen molar-refractivity contribution in [2.24, 2.45) is 7.05 Å². The molecule has 0 radical (unpaired) electrons.